The molecule has 0 bridgehead atoms. The molecule has 3 heterocycles. The molecule has 38 heavy (non-hydrogen) atoms. The molecule has 2 aromatic carbocycles. The number of hydrogen-bond donors (Lipinski definition) is 1. The minimum absolute atomic E-state index is 0.0897. The van der Waals surface area contributed by atoms with E-state index in [4.69, 9.17) is 23.2 Å². The summed E-state index contributed by atoms with van der Waals surface area (Å²) < 4.78 is 1.85. The third-order valence-electron chi connectivity index (χ3n) is 7.58. The van der Waals surface area contributed by atoms with Crippen LogP contribution in [0, 0.1) is 0 Å². The number of nitrogens with zero attached hydrogens (tertiary/aromatic N) is 5. The van der Waals surface area contributed by atoms with Crippen molar-refractivity contribution in [3.8, 4) is 22.5 Å². The second-order valence-electron chi connectivity index (χ2n) is 10.2. The summed E-state index contributed by atoms with van der Waals surface area (Å²) in [6, 6.07) is 16.2. The lowest BCUT2D eigenvalue weighted by atomic mass is 9.96. The first-order chi connectivity index (χ1) is 18.4. The Balaban J connectivity index is 1.31. The molecule has 2 aromatic heterocycles. The number of aryl methyl sites for hydroxylation is 1. The first-order valence-corrected chi connectivity index (χ1v) is 13.7. The van der Waals surface area contributed by atoms with Gasteiger partial charge in [0.25, 0.3) is 5.91 Å². The summed E-state index contributed by atoms with van der Waals surface area (Å²) in [6.07, 6.45) is 6.59. The molecule has 1 fully saturated rings. The number of amides is 1. The zero-order chi connectivity index (χ0) is 26.4. The van der Waals surface area contributed by atoms with E-state index in [2.05, 4.69) is 27.4 Å². The van der Waals surface area contributed by atoms with Crippen molar-refractivity contribution < 1.29 is 4.79 Å². The van der Waals surface area contributed by atoms with E-state index in [1.165, 1.54) is 25.7 Å². The Morgan fingerprint density at radius 1 is 1.00 bits per heavy atom. The molecule has 1 aliphatic heterocycles. The second-order valence-corrected chi connectivity index (χ2v) is 11.0. The van der Waals surface area contributed by atoms with Crippen LogP contribution < -0.4 is 10.2 Å². The van der Waals surface area contributed by atoms with Gasteiger partial charge in [0.05, 0.1) is 6.54 Å². The Hall–Kier alpha value is -3.26. The normalized spacial score (nSPS) is 16.3. The summed E-state index contributed by atoms with van der Waals surface area (Å²) in [6.45, 7) is 2.59. The third-order valence-corrected chi connectivity index (χ3v) is 8.01. The van der Waals surface area contributed by atoms with Crippen LogP contribution in [0.5, 0.6) is 0 Å². The minimum atomic E-state index is -0.0897. The zero-order valence-corrected chi connectivity index (χ0v) is 22.8. The lowest BCUT2D eigenvalue weighted by Crippen LogP contribution is -2.29. The number of pyridine rings is 1. The molecule has 6 rings (SSSR count). The first kappa shape index (κ1) is 25.0. The Morgan fingerprint density at radius 3 is 2.58 bits per heavy atom. The van der Waals surface area contributed by atoms with Gasteiger partial charge >= 0.3 is 0 Å². The maximum Gasteiger partial charge on any atom is 0.260 e. The Bertz CT molecular complexity index is 1530. The van der Waals surface area contributed by atoms with Crippen LogP contribution in [0.4, 0.5) is 5.82 Å². The molecule has 4 aromatic rings. The maximum absolute atomic E-state index is 13.7. The predicted octanol–water partition coefficient (Wildman–Crippen LogP) is 6.60. The fourth-order valence-electron chi connectivity index (χ4n) is 5.57. The van der Waals surface area contributed by atoms with Crippen LogP contribution in [-0.2, 0) is 13.6 Å². The Labute approximate surface area is 231 Å². The molecular formula is C29H28Cl2N6O. The Morgan fingerprint density at radius 2 is 1.82 bits per heavy atom. The van der Waals surface area contributed by atoms with Gasteiger partial charge in [-0.1, -0.05) is 54.2 Å². The van der Waals surface area contributed by atoms with Crippen LogP contribution in [0.25, 0.3) is 22.5 Å². The van der Waals surface area contributed by atoms with E-state index in [0.717, 1.165) is 27.8 Å². The molecule has 7 nitrogen and oxygen atoms in total. The van der Waals surface area contributed by atoms with Gasteiger partial charge < -0.3 is 9.88 Å². The molecule has 0 spiro atoms. The van der Waals surface area contributed by atoms with E-state index in [-0.39, 0.29) is 11.9 Å². The summed E-state index contributed by atoms with van der Waals surface area (Å²) in [5.41, 5.74) is 5.32. The lowest BCUT2D eigenvalue weighted by Gasteiger charge is -2.22. The lowest BCUT2D eigenvalue weighted by molar-refractivity contribution is 0.0996. The average molecular weight is 547 g/mol. The highest BCUT2D eigenvalue weighted by Gasteiger charge is 2.31. The number of fused-ring (bicyclic) bond motifs is 1. The van der Waals surface area contributed by atoms with E-state index >= 15 is 0 Å². The molecule has 1 aliphatic carbocycles. The highest BCUT2D eigenvalue weighted by molar-refractivity contribution is 6.31. The molecule has 2 aliphatic rings. The highest BCUT2D eigenvalue weighted by atomic mass is 35.5. The predicted molar refractivity (Wildman–Crippen MR) is 150 cm³/mol. The standard InChI is InChI=1S/C29H28Cl2N6O/c1-17(33-22-5-3-4-6-22)20-12-26(31)34-27(13-20)37-15-19-8-7-18(11-24(19)29(37)38)23-10-9-21(30)14-25(23)28-35-32-16-36(28)2/h7-14,16-17,22,33H,3-6,15H2,1-2H3/t17-/m1/s1. The number of carbonyl (C=O) groups excluding carboxylic acids is 1. The maximum atomic E-state index is 13.7. The van der Waals surface area contributed by atoms with Gasteiger partial charge in [-0.25, -0.2) is 4.98 Å². The zero-order valence-electron chi connectivity index (χ0n) is 21.3. The van der Waals surface area contributed by atoms with Crippen molar-refractivity contribution in [2.75, 3.05) is 4.90 Å². The second kappa shape index (κ2) is 10.1. The minimum Gasteiger partial charge on any atom is -0.317 e. The molecule has 0 saturated heterocycles. The van der Waals surface area contributed by atoms with Gasteiger partial charge in [-0.05, 0) is 72.4 Å². The SMILES string of the molecule is C[C@@H](NC1CCCC1)c1cc(Cl)nc(N2Cc3ccc(-c4ccc(Cl)cc4-c4nncn4C)cc3C2=O)c1. The fraction of sp³-hybridized carbons (Fsp3) is 0.310. The van der Waals surface area contributed by atoms with Crippen molar-refractivity contribution in [1.82, 2.24) is 25.1 Å². The van der Waals surface area contributed by atoms with Crippen LogP contribution in [0.2, 0.25) is 10.2 Å². The molecule has 9 heteroatoms. The average Bonchev–Trinajstić information content (AvgIpc) is 3.64. The highest BCUT2D eigenvalue weighted by Crippen LogP contribution is 2.37. The molecule has 1 amide bonds. The van der Waals surface area contributed by atoms with Crippen molar-refractivity contribution >= 4 is 34.9 Å². The van der Waals surface area contributed by atoms with Crippen molar-refractivity contribution in [1.29, 1.82) is 0 Å². The van der Waals surface area contributed by atoms with Crippen LogP contribution in [0.3, 0.4) is 0 Å². The van der Waals surface area contributed by atoms with Gasteiger partial charge in [-0.3, -0.25) is 9.69 Å². The summed E-state index contributed by atoms with van der Waals surface area (Å²) >= 11 is 12.8. The van der Waals surface area contributed by atoms with Crippen molar-refractivity contribution in [3.63, 3.8) is 0 Å². The summed E-state index contributed by atoms with van der Waals surface area (Å²) in [7, 11) is 1.89. The van der Waals surface area contributed by atoms with Crippen molar-refractivity contribution in [3.05, 3.63) is 81.7 Å². The number of rotatable bonds is 6. The van der Waals surface area contributed by atoms with Gasteiger partial charge in [-0.2, -0.15) is 0 Å². The molecule has 194 valence electrons. The fourth-order valence-corrected chi connectivity index (χ4v) is 5.95. The first-order valence-electron chi connectivity index (χ1n) is 12.9. The van der Waals surface area contributed by atoms with Gasteiger partial charge in [0.2, 0.25) is 0 Å². The number of benzene rings is 2. The summed E-state index contributed by atoms with van der Waals surface area (Å²) in [5, 5.41) is 13.0. The summed E-state index contributed by atoms with van der Waals surface area (Å²) in [5.74, 6) is 1.18. The molecule has 0 radical (unpaired) electrons. The van der Waals surface area contributed by atoms with E-state index in [1.54, 1.807) is 11.2 Å². The summed E-state index contributed by atoms with van der Waals surface area (Å²) in [4.78, 5) is 19.9. The molecule has 1 N–H and O–H groups in total. The number of carbonyl (C=O) groups is 1. The monoisotopic (exact) mass is 546 g/mol. The number of anilines is 1. The molecule has 0 unspecified atom stereocenters. The van der Waals surface area contributed by atoms with Crippen LogP contribution in [0.15, 0.2) is 54.9 Å². The Kier molecular flexibility index (Phi) is 6.68. The molecular weight excluding hydrogens is 519 g/mol. The number of aromatic nitrogens is 4. The third kappa shape index (κ3) is 4.70. The number of hydrogen-bond acceptors (Lipinski definition) is 5. The van der Waals surface area contributed by atoms with Gasteiger partial charge in [0.15, 0.2) is 5.82 Å². The van der Waals surface area contributed by atoms with Crippen LogP contribution >= 0.6 is 23.2 Å². The van der Waals surface area contributed by atoms with Gasteiger partial charge in [0.1, 0.15) is 17.3 Å². The van der Waals surface area contributed by atoms with Gasteiger partial charge in [-0.15, -0.1) is 10.2 Å². The van der Waals surface area contributed by atoms with E-state index in [9.17, 15) is 4.79 Å². The quantitative estimate of drug-likeness (QED) is 0.275. The van der Waals surface area contributed by atoms with Gasteiger partial charge in [0, 0.05) is 35.3 Å². The van der Waals surface area contributed by atoms with E-state index < -0.39 is 0 Å². The van der Waals surface area contributed by atoms with Crippen molar-refractivity contribution in [2.24, 2.45) is 7.05 Å². The molecule has 1 saturated carbocycles. The van der Waals surface area contributed by atoms with Crippen LogP contribution in [0.1, 0.15) is 60.1 Å². The smallest absolute Gasteiger partial charge is 0.260 e. The van der Waals surface area contributed by atoms with E-state index in [1.807, 2.05) is 60.1 Å². The molecule has 1 atom stereocenters. The topological polar surface area (TPSA) is 75.9 Å². The number of halogens is 2. The van der Waals surface area contributed by atoms with Crippen molar-refractivity contribution in [2.45, 2.75) is 51.2 Å². The number of nitrogens with one attached hydrogen (secondary N) is 1. The van der Waals surface area contributed by atoms with Crippen LogP contribution in [-0.4, -0.2) is 31.7 Å². The van der Waals surface area contributed by atoms with E-state index in [0.29, 0.717) is 40.0 Å². The largest absolute Gasteiger partial charge is 0.317 e.